The summed E-state index contributed by atoms with van der Waals surface area (Å²) < 4.78 is 0. The van der Waals surface area contributed by atoms with Gasteiger partial charge in [-0.25, -0.2) is 0 Å². The van der Waals surface area contributed by atoms with Crippen molar-refractivity contribution in [3.63, 3.8) is 0 Å². The van der Waals surface area contributed by atoms with E-state index in [4.69, 9.17) is 0 Å². The predicted molar refractivity (Wildman–Crippen MR) is 46.2 cm³/mol. The molecule has 10 heavy (non-hydrogen) atoms. The summed E-state index contributed by atoms with van der Waals surface area (Å²) >= 11 is 0. The highest BCUT2D eigenvalue weighted by molar-refractivity contribution is 5.25. The number of hydrogen-bond acceptors (Lipinski definition) is 2. The molecule has 2 nitrogen and oxygen atoms in total. The largest absolute Gasteiger partial charge is 0.374 e. The molecule has 0 aliphatic heterocycles. The van der Waals surface area contributed by atoms with Crippen LogP contribution in [-0.2, 0) is 0 Å². The summed E-state index contributed by atoms with van der Waals surface area (Å²) in [6, 6.07) is 0.544. The van der Waals surface area contributed by atoms with Gasteiger partial charge in [0, 0.05) is 25.0 Å². The maximum Gasteiger partial charge on any atom is 0.0419 e. The first-order chi connectivity index (χ1) is 4.72. The summed E-state index contributed by atoms with van der Waals surface area (Å²) in [7, 11) is 0. The maximum atomic E-state index is 3.63. The number of aliphatic imine (C=N–C) groups is 1. The number of rotatable bonds is 4. The Labute approximate surface area is 63.3 Å². The van der Waals surface area contributed by atoms with E-state index in [1.165, 1.54) is 0 Å². The second kappa shape index (κ2) is 5.03. The fourth-order valence-electron chi connectivity index (χ4n) is 0.775. The normalized spacial score (nSPS) is 10.8. The van der Waals surface area contributed by atoms with Gasteiger partial charge in [0.1, 0.15) is 0 Å². The minimum atomic E-state index is 0.544. The topological polar surface area (TPSA) is 15.6 Å². The molecule has 0 aliphatic rings. The maximum absolute atomic E-state index is 3.63. The van der Waals surface area contributed by atoms with E-state index < -0.39 is 0 Å². The van der Waals surface area contributed by atoms with Gasteiger partial charge in [0.05, 0.1) is 0 Å². The van der Waals surface area contributed by atoms with Crippen molar-refractivity contribution < 1.29 is 0 Å². The molecule has 58 valence electrons. The highest BCUT2D eigenvalue weighted by Gasteiger charge is 1.98. The summed E-state index contributed by atoms with van der Waals surface area (Å²) in [6.07, 6.45) is 3.67. The Kier molecular flexibility index (Phi) is 4.63. The van der Waals surface area contributed by atoms with Gasteiger partial charge in [0.25, 0.3) is 0 Å². The van der Waals surface area contributed by atoms with Crippen LogP contribution in [0.2, 0.25) is 0 Å². The third-order valence-corrected chi connectivity index (χ3v) is 1.39. The Bertz CT molecular complexity index is 116. The highest BCUT2D eigenvalue weighted by Crippen LogP contribution is 1.97. The van der Waals surface area contributed by atoms with Gasteiger partial charge in [-0.2, -0.15) is 0 Å². The quantitative estimate of drug-likeness (QED) is 0.544. The molecule has 0 aromatic heterocycles. The molecule has 0 radical (unpaired) electrons. The summed E-state index contributed by atoms with van der Waals surface area (Å²) in [4.78, 5) is 5.82. The van der Waals surface area contributed by atoms with E-state index in [2.05, 4.69) is 37.4 Å². The first-order valence-corrected chi connectivity index (χ1v) is 3.60. The Morgan fingerprint density at radius 2 is 2.20 bits per heavy atom. The molecule has 2 heteroatoms. The van der Waals surface area contributed by atoms with Crippen LogP contribution < -0.4 is 0 Å². The van der Waals surface area contributed by atoms with Crippen LogP contribution in [0.5, 0.6) is 0 Å². The Hall–Kier alpha value is -0.790. The van der Waals surface area contributed by atoms with E-state index in [1.807, 2.05) is 6.20 Å². The average Bonchev–Trinajstić information content (AvgIpc) is 1.89. The number of nitrogens with zero attached hydrogens (tertiary/aromatic N) is 2. The molecule has 0 bridgehead atoms. The standard InChI is InChI=1S/C8H16N2/c1-5-10(8(2)3)7-6-9-4/h6-8H,4-5H2,1-3H3. The summed E-state index contributed by atoms with van der Waals surface area (Å²) in [6.45, 7) is 10.8. The van der Waals surface area contributed by atoms with Crippen molar-refractivity contribution in [3.05, 3.63) is 12.4 Å². The SMILES string of the molecule is C=NC=CN(CC)C(C)C. The van der Waals surface area contributed by atoms with Crippen LogP contribution in [0.1, 0.15) is 20.8 Å². The van der Waals surface area contributed by atoms with Crippen molar-refractivity contribution in [1.29, 1.82) is 0 Å². The van der Waals surface area contributed by atoms with Crippen molar-refractivity contribution in [2.45, 2.75) is 26.8 Å². The lowest BCUT2D eigenvalue weighted by molar-refractivity contribution is 0.326. The summed E-state index contributed by atoms with van der Waals surface area (Å²) in [5, 5.41) is 0. The number of hydrogen-bond donors (Lipinski definition) is 0. The van der Waals surface area contributed by atoms with Crippen molar-refractivity contribution in [2.24, 2.45) is 4.99 Å². The van der Waals surface area contributed by atoms with Crippen LogP contribution in [0, 0.1) is 0 Å². The van der Waals surface area contributed by atoms with Gasteiger partial charge < -0.3 is 4.90 Å². The van der Waals surface area contributed by atoms with Gasteiger partial charge in [-0.3, -0.25) is 4.99 Å². The predicted octanol–water partition coefficient (Wildman–Crippen LogP) is 1.89. The Balaban J connectivity index is 3.82. The van der Waals surface area contributed by atoms with Crippen LogP contribution in [-0.4, -0.2) is 24.2 Å². The van der Waals surface area contributed by atoms with Crippen molar-refractivity contribution in [3.8, 4) is 0 Å². The third-order valence-electron chi connectivity index (χ3n) is 1.39. The smallest absolute Gasteiger partial charge is 0.0419 e. The van der Waals surface area contributed by atoms with Crippen molar-refractivity contribution >= 4 is 6.72 Å². The van der Waals surface area contributed by atoms with E-state index >= 15 is 0 Å². The minimum Gasteiger partial charge on any atom is -0.374 e. The molecule has 0 spiro atoms. The lowest BCUT2D eigenvalue weighted by atomic mass is 10.3. The summed E-state index contributed by atoms with van der Waals surface area (Å²) in [5.41, 5.74) is 0. The average molecular weight is 140 g/mol. The molecule has 0 heterocycles. The minimum absolute atomic E-state index is 0.544. The van der Waals surface area contributed by atoms with Gasteiger partial charge in [-0.05, 0) is 27.5 Å². The zero-order valence-electron chi connectivity index (χ0n) is 7.04. The molecule has 0 N–H and O–H groups in total. The molecule has 0 rings (SSSR count). The molecular weight excluding hydrogens is 124 g/mol. The molecule has 0 fully saturated rings. The molecule has 0 unspecified atom stereocenters. The highest BCUT2D eigenvalue weighted by atomic mass is 15.1. The van der Waals surface area contributed by atoms with Crippen LogP contribution >= 0.6 is 0 Å². The molecule has 0 amide bonds. The molecular formula is C8H16N2. The molecule has 0 aromatic carbocycles. The van der Waals surface area contributed by atoms with Gasteiger partial charge >= 0.3 is 0 Å². The van der Waals surface area contributed by atoms with Crippen LogP contribution in [0.4, 0.5) is 0 Å². The molecule has 0 aromatic rings. The molecule has 0 atom stereocenters. The summed E-state index contributed by atoms with van der Waals surface area (Å²) in [5.74, 6) is 0. The van der Waals surface area contributed by atoms with Gasteiger partial charge in [-0.1, -0.05) is 0 Å². The molecule has 0 saturated heterocycles. The van der Waals surface area contributed by atoms with Gasteiger partial charge in [-0.15, -0.1) is 0 Å². The van der Waals surface area contributed by atoms with E-state index in [0.29, 0.717) is 6.04 Å². The zero-order chi connectivity index (χ0) is 7.98. The van der Waals surface area contributed by atoms with E-state index in [0.717, 1.165) is 6.54 Å². The van der Waals surface area contributed by atoms with Gasteiger partial charge in [0.2, 0.25) is 0 Å². The van der Waals surface area contributed by atoms with E-state index in [9.17, 15) is 0 Å². The molecule has 0 aliphatic carbocycles. The van der Waals surface area contributed by atoms with Crippen molar-refractivity contribution in [1.82, 2.24) is 4.90 Å². The zero-order valence-corrected chi connectivity index (χ0v) is 7.04. The Morgan fingerprint density at radius 3 is 2.50 bits per heavy atom. The monoisotopic (exact) mass is 140 g/mol. The van der Waals surface area contributed by atoms with Crippen molar-refractivity contribution in [2.75, 3.05) is 6.54 Å². The third kappa shape index (κ3) is 3.28. The fourth-order valence-corrected chi connectivity index (χ4v) is 0.775. The molecule has 0 saturated carbocycles. The van der Waals surface area contributed by atoms with Crippen LogP contribution in [0.15, 0.2) is 17.4 Å². The van der Waals surface area contributed by atoms with Gasteiger partial charge in [0.15, 0.2) is 0 Å². The first kappa shape index (κ1) is 9.21. The second-order valence-electron chi connectivity index (χ2n) is 2.40. The van der Waals surface area contributed by atoms with Crippen LogP contribution in [0.3, 0.4) is 0 Å². The lowest BCUT2D eigenvalue weighted by Crippen LogP contribution is -2.24. The van der Waals surface area contributed by atoms with E-state index in [1.54, 1.807) is 6.20 Å². The fraction of sp³-hybridized carbons (Fsp3) is 0.625. The van der Waals surface area contributed by atoms with E-state index in [-0.39, 0.29) is 0 Å². The van der Waals surface area contributed by atoms with Crippen LogP contribution in [0.25, 0.3) is 0 Å². The first-order valence-electron chi connectivity index (χ1n) is 3.60. The second-order valence-corrected chi connectivity index (χ2v) is 2.40. The Morgan fingerprint density at radius 1 is 1.60 bits per heavy atom. The lowest BCUT2D eigenvalue weighted by Gasteiger charge is -2.21.